The van der Waals surface area contributed by atoms with Gasteiger partial charge in [-0.15, -0.1) is 0 Å². The number of amides is 1. The largest absolute Gasteiger partial charge is 0.325 e. The number of rotatable bonds is 6. The summed E-state index contributed by atoms with van der Waals surface area (Å²) in [6.45, 7) is 0.696. The number of nitrogens with zero attached hydrogens (tertiary/aromatic N) is 2. The predicted octanol–water partition coefficient (Wildman–Crippen LogP) is 3.97. The smallest absolute Gasteiger partial charge is 0.269 e. The average Bonchev–Trinajstić information content (AvgIpc) is 2.51. The fourth-order valence-electron chi connectivity index (χ4n) is 2.12. The maximum atomic E-state index is 12.0. The fraction of sp³-hybridized carbons (Fsp3) is 0.188. The molecular formula is C16H15Cl2N3O3. The molecule has 0 spiro atoms. The molecule has 2 aromatic carbocycles. The van der Waals surface area contributed by atoms with Gasteiger partial charge in [0.2, 0.25) is 5.91 Å². The van der Waals surface area contributed by atoms with Crippen LogP contribution in [0.3, 0.4) is 0 Å². The van der Waals surface area contributed by atoms with Crippen LogP contribution in [0, 0.1) is 10.1 Å². The molecule has 0 aliphatic carbocycles. The minimum atomic E-state index is -0.489. The zero-order valence-corrected chi connectivity index (χ0v) is 14.3. The summed E-state index contributed by atoms with van der Waals surface area (Å²) >= 11 is 11.8. The van der Waals surface area contributed by atoms with Gasteiger partial charge in [-0.1, -0.05) is 29.3 Å². The van der Waals surface area contributed by atoms with E-state index in [0.717, 1.165) is 5.56 Å². The number of hydrogen-bond donors (Lipinski definition) is 1. The fourth-order valence-corrected chi connectivity index (χ4v) is 2.44. The van der Waals surface area contributed by atoms with E-state index in [1.165, 1.54) is 24.3 Å². The number of likely N-dealkylation sites (N-methyl/N-ethyl adjacent to an activating group) is 1. The molecule has 24 heavy (non-hydrogen) atoms. The van der Waals surface area contributed by atoms with Crippen molar-refractivity contribution in [2.45, 2.75) is 6.54 Å². The van der Waals surface area contributed by atoms with Crippen LogP contribution in [-0.2, 0) is 11.3 Å². The molecule has 0 bridgehead atoms. The molecule has 0 aliphatic heterocycles. The number of carbonyl (C=O) groups is 1. The van der Waals surface area contributed by atoms with Gasteiger partial charge >= 0.3 is 0 Å². The molecule has 0 radical (unpaired) electrons. The summed E-state index contributed by atoms with van der Waals surface area (Å²) in [6.07, 6.45) is 0. The van der Waals surface area contributed by atoms with Crippen molar-refractivity contribution in [2.24, 2.45) is 0 Å². The van der Waals surface area contributed by atoms with Gasteiger partial charge in [-0.25, -0.2) is 0 Å². The molecule has 126 valence electrons. The van der Waals surface area contributed by atoms with Crippen LogP contribution in [-0.4, -0.2) is 29.3 Å². The van der Waals surface area contributed by atoms with Crippen molar-refractivity contribution in [1.82, 2.24) is 4.90 Å². The van der Waals surface area contributed by atoms with Gasteiger partial charge in [-0.3, -0.25) is 19.8 Å². The van der Waals surface area contributed by atoms with E-state index in [9.17, 15) is 14.9 Å². The maximum absolute atomic E-state index is 12.0. The molecule has 2 aromatic rings. The molecular weight excluding hydrogens is 353 g/mol. The standard InChI is InChI=1S/C16H15Cl2N3O3/c1-20(9-11-2-7-14(17)15(18)8-11)10-16(22)19-12-3-5-13(6-4-12)21(23)24/h2-8H,9-10H2,1H3,(H,19,22). The number of anilines is 1. The Kier molecular flexibility index (Phi) is 6.14. The number of benzene rings is 2. The zero-order valence-electron chi connectivity index (χ0n) is 12.8. The minimum absolute atomic E-state index is 0.0234. The van der Waals surface area contributed by atoms with Crippen LogP contribution >= 0.6 is 23.2 Å². The highest BCUT2D eigenvalue weighted by Gasteiger charge is 2.10. The summed E-state index contributed by atoms with van der Waals surface area (Å²) in [4.78, 5) is 23.9. The highest BCUT2D eigenvalue weighted by Crippen LogP contribution is 2.23. The number of nitrogens with one attached hydrogen (secondary N) is 1. The minimum Gasteiger partial charge on any atom is -0.325 e. The van der Waals surface area contributed by atoms with E-state index >= 15 is 0 Å². The van der Waals surface area contributed by atoms with Crippen molar-refractivity contribution >= 4 is 40.5 Å². The van der Waals surface area contributed by atoms with Gasteiger partial charge in [0.1, 0.15) is 0 Å². The number of halogens is 2. The second kappa shape index (κ2) is 8.10. The van der Waals surface area contributed by atoms with E-state index in [2.05, 4.69) is 5.32 Å². The van der Waals surface area contributed by atoms with E-state index in [-0.39, 0.29) is 18.1 Å². The molecule has 0 saturated heterocycles. The van der Waals surface area contributed by atoms with Crippen molar-refractivity contribution in [3.63, 3.8) is 0 Å². The Balaban J connectivity index is 1.89. The average molecular weight is 368 g/mol. The summed E-state index contributed by atoms with van der Waals surface area (Å²) in [5, 5.41) is 14.2. The molecule has 0 saturated carbocycles. The van der Waals surface area contributed by atoms with Gasteiger partial charge in [0.25, 0.3) is 5.69 Å². The molecule has 0 fully saturated rings. The third-order valence-corrected chi connectivity index (χ3v) is 3.95. The molecule has 1 amide bonds. The third kappa shape index (κ3) is 5.19. The maximum Gasteiger partial charge on any atom is 0.269 e. The normalized spacial score (nSPS) is 10.7. The van der Waals surface area contributed by atoms with Gasteiger partial charge < -0.3 is 5.32 Å². The lowest BCUT2D eigenvalue weighted by atomic mass is 10.2. The Labute approximate surface area is 149 Å². The van der Waals surface area contributed by atoms with Crippen LogP contribution in [0.15, 0.2) is 42.5 Å². The monoisotopic (exact) mass is 367 g/mol. The first kappa shape index (κ1) is 18.2. The van der Waals surface area contributed by atoms with Crippen molar-refractivity contribution < 1.29 is 9.72 Å². The second-order valence-electron chi connectivity index (χ2n) is 5.27. The Morgan fingerprint density at radius 2 is 1.83 bits per heavy atom. The lowest BCUT2D eigenvalue weighted by Gasteiger charge is -2.16. The molecule has 8 heteroatoms. The molecule has 0 heterocycles. The topological polar surface area (TPSA) is 75.5 Å². The van der Waals surface area contributed by atoms with Crippen LogP contribution in [0.1, 0.15) is 5.56 Å². The summed E-state index contributed by atoms with van der Waals surface area (Å²) in [5.41, 5.74) is 1.42. The van der Waals surface area contributed by atoms with E-state index in [1.54, 1.807) is 19.2 Å². The molecule has 0 aromatic heterocycles. The first-order valence-electron chi connectivity index (χ1n) is 7.02. The summed E-state index contributed by atoms with van der Waals surface area (Å²) < 4.78 is 0. The SMILES string of the molecule is CN(CC(=O)Nc1ccc([N+](=O)[O-])cc1)Cc1ccc(Cl)c(Cl)c1. The zero-order chi connectivity index (χ0) is 17.7. The van der Waals surface area contributed by atoms with E-state index in [1.807, 2.05) is 11.0 Å². The Morgan fingerprint density at radius 1 is 1.17 bits per heavy atom. The number of carbonyl (C=O) groups excluding carboxylic acids is 1. The molecule has 0 atom stereocenters. The number of nitro groups is 1. The molecule has 6 nitrogen and oxygen atoms in total. The van der Waals surface area contributed by atoms with Crippen LogP contribution in [0.5, 0.6) is 0 Å². The van der Waals surface area contributed by atoms with Gasteiger partial charge in [0, 0.05) is 24.4 Å². The number of nitro benzene ring substituents is 1. The van der Waals surface area contributed by atoms with Gasteiger partial charge in [-0.05, 0) is 36.9 Å². The molecule has 1 N–H and O–H groups in total. The third-order valence-electron chi connectivity index (χ3n) is 3.21. The van der Waals surface area contributed by atoms with Crippen molar-refractivity contribution in [3.8, 4) is 0 Å². The Morgan fingerprint density at radius 3 is 2.42 bits per heavy atom. The summed E-state index contributed by atoms with van der Waals surface area (Å²) in [5.74, 6) is -0.216. The Hall–Kier alpha value is -2.15. The molecule has 2 rings (SSSR count). The second-order valence-corrected chi connectivity index (χ2v) is 6.09. The van der Waals surface area contributed by atoms with Crippen LogP contribution in [0.4, 0.5) is 11.4 Å². The van der Waals surface area contributed by atoms with E-state index < -0.39 is 4.92 Å². The van der Waals surface area contributed by atoms with E-state index in [4.69, 9.17) is 23.2 Å². The van der Waals surface area contributed by atoms with Crippen LogP contribution < -0.4 is 5.32 Å². The first-order chi connectivity index (χ1) is 11.3. The molecule has 0 unspecified atom stereocenters. The van der Waals surface area contributed by atoms with Crippen molar-refractivity contribution in [3.05, 3.63) is 68.2 Å². The first-order valence-corrected chi connectivity index (χ1v) is 7.77. The lowest BCUT2D eigenvalue weighted by Crippen LogP contribution is -2.29. The quantitative estimate of drug-likeness (QED) is 0.618. The Bertz CT molecular complexity index is 751. The number of non-ortho nitro benzene ring substituents is 1. The highest BCUT2D eigenvalue weighted by molar-refractivity contribution is 6.42. The molecule has 0 aliphatic rings. The van der Waals surface area contributed by atoms with E-state index in [0.29, 0.717) is 22.3 Å². The van der Waals surface area contributed by atoms with Crippen LogP contribution in [0.25, 0.3) is 0 Å². The van der Waals surface area contributed by atoms with Gasteiger partial charge in [0.05, 0.1) is 21.5 Å². The van der Waals surface area contributed by atoms with Crippen molar-refractivity contribution in [1.29, 1.82) is 0 Å². The number of hydrogen-bond acceptors (Lipinski definition) is 4. The lowest BCUT2D eigenvalue weighted by molar-refractivity contribution is -0.384. The van der Waals surface area contributed by atoms with Crippen LogP contribution in [0.2, 0.25) is 10.0 Å². The predicted molar refractivity (Wildman–Crippen MR) is 94.5 cm³/mol. The van der Waals surface area contributed by atoms with Gasteiger partial charge in [0.15, 0.2) is 0 Å². The summed E-state index contributed by atoms with van der Waals surface area (Å²) in [6, 6.07) is 11.0. The van der Waals surface area contributed by atoms with Gasteiger partial charge in [-0.2, -0.15) is 0 Å². The van der Waals surface area contributed by atoms with Crippen molar-refractivity contribution in [2.75, 3.05) is 18.9 Å². The highest BCUT2D eigenvalue weighted by atomic mass is 35.5. The summed E-state index contributed by atoms with van der Waals surface area (Å²) in [7, 11) is 1.80.